The highest BCUT2D eigenvalue weighted by atomic mass is 32.2. The molecule has 0 N–H and O–H groups in total. The second-order valence-corrected chi connectivity index (χ2v) is 5.98. The highest BCUT2D eigenvalue weighted by Gasteiger charge is 2.09. The molecule has 3 aromatic carbocycles. The van der Waals surface area contributed by atoms with Gasteiger partial charge < -0.3 is 0 Å². The van der Waals surface area contributed by atoms with Crippen molar-refractivity contribution in [1.29, 1.82) is 5.26 Å². The maximum absolute atomic E-state index is 9.40. The van der Waals surface area contributed by atoms with Crippen molar-refractivity contribution in [2.45, 2.75) is 4.90 Å². The van der Waals surface area contributed by atoms with E-state index in [-0.39, 0.29) is 0 Å². The molecule has 0 saturated carbocycles. The van der Waals surface area contributed by atoms with Gasteiger partial charge >= 0.3 is 0 Å². The van der Waals surface area contributed by atoms with E-state index >= 15 is 0 Å². The van der Waals surface area contributed by atoms with Crippen molar-refractivity contribution in [1.82, 2.24) is 0 Å². The first-order valence-corrected chi connectivity index (χ1v) is 8.10. The minimum atomic E-state index is 0.661. The molecule has 1 nitrogen and oxygen atoms in total. The highest BCUT2D eigenvalue weighted by molar-refractivity contribution is 8.08. The van der Waals surface area contributed by atoms with Crippen LogP contribution in [0.3, 0.4) is 0 Å². The van der Waals surface area contributed by atoms with Gasteiger partial charge in [0.25, 0.3) is 0 Å². The monoisotopic (exact) mass is 312 g/mol. The van der Waals surface area contributed by atoms with Crippen LogP contribution in [0.15, 0.2) is 89.8 Å². The summed E-state index contributed by atoms with van der Waals surface area (Å²) in [6, 6.07) is 30.1. The van der Waals surface area contributed by atoms with Crippen LogP contribution in [-0.4, -0.2) is 0 Å². The van der Waals surface area contributed by atoms with Gasteiger partial charge in [-0.3, -0.25) is 0 Å². The number of hydrogen-bond donors (Lipinski definition) is 0. The van der Waals surface area contributed by atoms with E-state index in [0.29, 0.717) is 5.56 Å². The Hall–Kier alpha value is -2.76. The minimum absolute atomic E-state index is 0.661. The van der Waals surface area contributed by atoms with Crippen molar-refractivity contribution in [2.24, 2.45) is 0 Å². The third-order valence-corrected chi connectivity index (χ3v) is 4.32. The van der Waals surface area contributed by atoms with Crippen LogP contribution in [0.4, 0.5) is 0 Å². The Morgan fingerprint density at radius 3 is 2.04 bits per heavy atom. The quantitative estimate of drug-likeness (QED) is 0.466. The molecule has 0 aliphatic heterocycles. The Morgan fingerprint density at radius 1 is 0.739 bits per heavy atom. The van der Waals surface area contributed by atoms with Crippen LogP contribution in [0.2, 0.25) is 0 Å². The van der Waals surface area contributed by atoms with E-state index in [4.69, 9.17) is 0 Å². The molecule has 109 valence electrons. The zero-order chi connectivity index (χ0) is 15.9. The first kappa shape index (κ1) is 15.1. The first-order valence-electron chi connectivity index (χ1n) is 7.28. The molecule has 3 aromatic rings. The number of benzene rings is 3. The van der Waals surface area contributed by atoms with Crippen molar-refractivity contribution >= 4 is 16.7 Å². The number of nitrogens with zero attached hydrogens (tertiary/aromatic N) is 1. The summed E-state index contributed by atoms with van der Waals surface area (Å²) in [5, 5.41) is 9.40. The fourth-order valence-corrected chi connectivity index (χ4v) is 3.17. The average Bonchev–Trinajstić information content (AvgIpc) is 2.63. The summed E-state index contributed by atoms with van der Waals surface area (Å²) in [4.78, 5) is 2.07. The van der Waals surface area contributed by atoms with Crippen LogP contribution >= 0.6 is 11.8 Å². The molecule has 23 heavy (non-hydrogen) atoms. The van der Waals surface area contributed by atoms with Gasteiger partial charge in [-0.1, -0.05) is 78.5 Å². The first-order chi connectivity index (χ1) is 11.4. The predicted octanol–water partition coefficient (Wildman–Crippen LogP) is 5.54. The SMILES string of the molecule is N#Cc1ccccc1C(=[C]c1ccccc1)Sc1ccccc1. The third-order valence-electron chi connectivity index (χ3n) is 3.29. The average molecular weight is 312 g/mol. The topological polar surface area (TPSA) is 23.8 Å². The third kappa shape index (κ3) is 3.91. The molecule has 0 saturated heterocycles. The second-order valence-electron chi connectivity index (χ2n) is 4.89. The van der Waals surface area contributed by atoms with Crippen molar-refractivity contribution < 1.29 is 0 Å². The Bertz CT molecular complexity index is 846. The maximum Gasteiger partial charge on any atom is 0.0998 e. The van der Waals surface area contributed by atoms with Gasteiger partial charge in [0, 0.05) is 21.4 Å². The van der Waals surface area contributed by atoms with E-state index in [9.17, 15) is 5.26 Å². The number of rotatable bonds is 4. The number of hydrogen-bond acceptors (Lipinski definition) is 2. The van der Waals surface area contributed by atoms with Gasteiger partial charge in [-0.15, -0.1) is 0 Å². The van der Waals surface area contributed by atoms with E-state index in [2.05, 4.69) is 24.3 Å². The molecule has 0 spiro atoms. The second kappa shape index (κ2) is 7.49. The molecule has 0 heterocycles. The van der Waals surface area contributed by atoms with Gasteiger partial charge in [-0.05, 0) is 23.8 Å². The van der Waals surface area contributed by atoms with Crippen LogP contribution in [0.25, 0.3) is 4.91 Å². The van der Waals surface area contributed by atoms with E-state index in [1.54, 1.807) is 11.8 Å². The van der Waals surface area contributed by atoms with E-state index in [1.807, 2.05) is 72.8 Å². The molecular weight excluding hydrogens is 298 g/mol. The molecule has 3 rings (SSSR count). The molecule has 0 amide bonds. The van der Waals surface area contributed by atoms with E-state index in [1.165, 1.54) is 0 Å². The molecular formula is C21H14NS. The molecule has 0 fully saturated rings. The van der Waals surface area contributed by atoms with Crippen LogP contribution in [-0.2, 0) is 0 Å². The highest BCUT2D eigenvalue weighted by Crippen LogP contribution is 2.36. The van der Waals surface area contributed by atoms with Gasteiger partial charge in [0.2, 0.25) is 0 Å². The number of thioether (sulfide) groups is 1. The smallest absolute Gasteiger partial charge is 0.0998 e. The standard InChI is InChI=1S/C21H14NS/c22-16-18-11-7-8-14-20(18)21(15-17-9-3-1-4-10-17)23-19-12-5-2-6-13-19/h1-14H. The molecule has 0 aliphatic carbocycles. The molecule has 2 heteroatoms. The van der Waals surface area contributed by atoms with Crippen molar-refractivity contribution in [3.05, 3.63) is 108 Å². The fourth-order valence-electron chi connectivity index (χ4n) is 2.19. The minimum Gasteiger partial charge on any atom is -0.192 e. The summed E-state index contributed by atoms with van der Waals surface area (Å²) in [5.74, 6) is 0. The predicted molar refractivity (Wildman–Crippen MR) is 95.7 cm³/mol. The zero-order valence-electron chi connectivity index (χ0n) is 12.4. The molecule has 0 unspecified atom stereocenters. The summed E-state index contributed by atoms with van der Waals surface area (Å²) in [5.41, 5.74) is 2.57. The summed E-state index contributed by atoms with van der Waals surface area (Å²) in [6.45, 7) is 0. The molecule has 0 atom stereocenters. The normalized spacial score (nSPS) is 11.0. The fraction of sp³-hybridized carbons (Fsp3) is 0. The summed E-state index contributed by atoms with van der Waals surface area (Å²) >= 11 is 1.62. The van der Waals surface area contributed by atoms with Crippen LogP contribution < -0.4 is 0 Å². The lowest BCUT2D eigenvalue weighted by atomic mass is 10.1. The molecule has 0 aromatic heterocycles. The molecule has 0 aliphatic rings. The lowest BCUT2D eigenvalue weighted by molar-refractivity contribution is 1.45. The van der Waals surface area contributed by atoms with Crippen LogP contribution in [0.1, 0.15) is 16.7 Å². The Labute approximate surface area is 140 Å². The van der Waals surface area contributed by atoms with Crippen molar-refractivity contribution in [3.8, 4) is 6.07 Å². The summed E-state index contributed by atoms with van der Waals surface area (Å²) < 4.78 is 0. The van der Waals surface area contributed by atoms with E-state index < -0.39 is 0 Å². The van der Waals surface area contributed by atoms with Gasteiger partial charge in [0.05, 0.1) is 11.6 Å². The molecule has 0 bridgehead atoms. The van der Waals surface area contributed by atoms with Gasteiger partial charge in [-0.25, -0.2) is 0 Å². The van der Waals surface area contributed by atoms with Crippen molar-refractivity contribution in [3.63, 3.8) is 0 Å². The van der Waals surface area contributed by atoms with Gasteiger partial charge in [-0.2, -0.15) is 5.26 Å². The zero-order valence-corrected chi connectivity index (χ0v) is 13.3. The Balaban J connectivity index is 2.07. The lowest BCUT2D eigenvalue weighted by Gasteiger charge is -2.09. The van der Waals surface area contributed by atoms with Crippen LogP contribution in [0, 0.1) is 17.4 Å². The molecule has 1 radical (unpaired) electrons. The maximum atomic E-state index is 9.40. The Kier molecular flexibility index (Phi) is 4.93. The van der Waals surface area contributed by atoms with Crippen molar-refractivity contribution in [2.75, 3.05) is 0 Å². The summed E-state index contributed by atoms with van der Waals surface area (Å²) in [7, 11) is 0. The Morgan fingerprint density at radius 2 is 1.35 bits per heavy atom. The van der Waals surface area contributed by atoms with Crippen LogP contribution in [0.5, 0.6) is 0 Å². The van der Waals surface area contributed by atoms with E-state index in [0.717, 1.165) is 20.9 Å². The lowest BCUT2D eigenvalue weighted by Crippen LogP contribution is -1.88. The number of nitriles is 1. The van der Waals surface area contributed by atoms with Gasteiger partial charge in [0.1, 0.15) is 0 Å². The largest absolute Gasteiger partial charge is 0.192 e. The summed E-state index contributed by atoms with van der Waals surface area (Å²) in [6.07, 6.45) is 3.45. The van der Waals surface area contributed by atoms with Gasteiger partial charge in [0.15, 0.2) is 0 Å².